The summed E-state index contributed by atoms with van der Waals surface area (Å²) in [6.07, 6.45) is 1.88. The molecule has 2 aromatic heterocycles. The van der Waals surface area contributed by atoms with Crippen molar-refractivity contribution >= 4 is 16.9 Å². The third-order valence-electron chi connectivity index (χ3n) is 4.66. The summed E-state index contributed by atoms with van der Waals surface area (Å²) in [4.78, 5) is 19.2. The van der Waals surface area contributed by atoms with Crippen LogP contribution >= 0.6 is 0 Å². The molecule has 1 aliphatic heterocycles. The van der Waals surface area contributed by atoms with Crippen molar-refractivity contribution in [3.05, 3.63) is 47.8 Å². The Morgan fingerprint density at radius 1 is 1.32 bits per heavy atom. The molecule has 0 unspecified atom stereocenters. The molecule has 1 aromatic carbocycles. The summed E-state index contributed by atoms with van der Waals surface area (Å²) in [6.45, 7) is 5.36. The molecule has 25 heavy (non-hydrogen) atoms. The number of nitrogens with zero attached hydrogens (tertiary/aromatic N) is 3. The van der Waals surface area contributed by atoms with Gasteiger partial charge in [-0.25, -0.2) is 0 Å². The first-order chi connectivity index (χ1) is 12.1. The van der Waals surface area contributed by atoms with Crippen LogP contribution in [-0.2, 0) is 0 Å². The number of rotatable bonds is 3. The Bertz CT molecular complexity index is 863. The molecule has 0 aliphatic carbocycles. The summed E-state index contributed by atoms with van der Waals surface area (Å²) in [7, 11) is 0. The molecule has 4 rings (SSSR count). The molecule has 0 bridgehead atoms. The maximum absolute atomic E-state index is 12.8. The fourth-order valence-electron chi connectivity index (χ4n) is 3.26. The van der Waals surface area contributed by atoms with Crippen LogP contribution in [0.3, 0.4) is 0 Å². The molecule has 1 atom stereocenters. The minimum Gasteiger partial charge on any atom is -0.451 e. The van der Waals surface area contributed by atoms with E-state index in [4.69, 9.17) is 8.94 Å². The average Bonchev–Trinajstić information content (AvgIpc) is 3.28. The topological polar surface area (TPSA) is 72.4 Å². The molecule has 3 aromatic rings. The van der Waals surface area contributed by atoms with Crippen LogP contribution in [0.5, 0.6) is 0 Å². The highest BCUT2D eigenvalue weighted by molar-refractivity contribution is 5.96. The third kappa shape index (κ3) is 3.04. The highest BCUT2D eigenvalue weighted by atomic mass is 16.5. The lowest BCUT2D eigenvalue weighted by Gasteiger charge is -2.30. The maximum atomic E-state index is 12.8. The van der Waals surface area contributed by atoms with Crippen molar-refractivity contribution in [1.29, 1.82) is 0 Å². The van der Waals surface area contributed by atoms with Crippen LogP contribution in [0.25, 0.3) is 11.0 Å². The highest BCUT2D eigenvalue weighted by Gasteiger charge is 2.30. The van der Waals surface area contributed by atoms with Crippen LogP contribution in [0.2, 0.25) is 0 Å². The quantitative estimate of drug-likeness (QED) is 0.722. The van der Waals surface area contributed by atoms with Gasteiger partial charge in [-0.15, -0.1) is 0 Å². The van der Waals surface area contributed by atoms with E-state index in [9.17, 15) is 4.79 Å². The van der Waals surface area contributed by atoms with E-state index in [-0.39, 0.29) is 17.7 Å². The summed E-state index contributed by atoms with van der Waals surface area (Å²) in [5.74, 6) is 1.98. The minimum absolute atomic E-state index is 0.0755. The van der Waals surface area contributed by atoms with E-state index in [1.165, 1.54) is 0 Å². The van der Waals surface area contributed by atoms with Crippen molar-refractivity contribution in [3.63, 3.8) is 0 Å². The van der Waals surface area contributed by atoms with Gasteiger partial charge in [0.1, 0.15) is 5.58 Å². The van der Waals surface area contributed by atoms with Crippen LogP contribution < -0.4 is 0 Å². The van der Waals surface area contributed by atoms with Crippen molar-refractivity contribution < 1.29 is 13.7 Å². The monoisotopic (exact) mass is 339 g/mol. The van der Waals surface area contributed by atoms with Gasteiger partial charge >= 0.3 is 0 Å². The average molecular weight is 339 g/mol. The molecule has 1 aliphatic rings. The van der Waals surface area contributed by atoms with Crippen molar-refractivity contribution in [3.8, 4) is 0 Å². The molecule has 1 fully saturated rings. The van der Waals surface area contributed by atoms with Gasteiger partial charge in [0.15, 0.2) is 11.6 Å². The molecule has 0 saturated carbocycles. The molecule has 1 saturated heterocycles. The number of hydrogen-bond acceptors (Lipinski definition) is 5. The SMILES string of the molecule is CC(C)c1nc([C@H]2CCCN(C(=O)c3cc4ccccc4o3)C2)no1. The Morgan fingerprint density at radius 2 is 2.16 bits per heavy atom. The molecular formula is C19H21N3O3. The summed E-state index contributed by atoms with van der Waals surface area (Å²) < 4.78 is 11.0. The lowest BCUT2D eigenvalue weighted by molar-refractivity contribution is 0.0674. The first-order valence-corrected chi connectivity index (χ1v) is 8.73. The van der Waals surface area contributed by atoms with Crippen molar-refractivity contribution in [2.24, 2.45) is 0 Å². The lowest BCUT2D eigenvalue weighted by atomic mass is 9.97. The van der Waals surface area contributed by atoms with Gasteiger partial charge in [0, 0.05) is 30.3 Å². The third-order valence-corrected chi connectivity index (χ3v) is 4.66. The maximum Gasteiger partial charge on any atom is 0.289 e. The number of amides is 1. The zero-order chi connectivity index (χ0) is 17.4. The number of piperidine rings is 1. The highest BCUT2D eigenvalue weighted by Crippen LogP contribution is 2.28. The van der Waals surface area contributed by atoms with E-state index in [2.05, 4.69) is 10.1 Å². The van der Waals surface area contributed by atoms with Gasteiger partial charge in [0.05, 0.1) is 0 Å². The van der Waals surface area contributed by atoms with Gasteiger partial charge in [-0.05, 0) is 25.0 Å². The number of carbonyl (C=O) groups is 1. The number of furan rings is 1. The molecule has 0 N–H and O–H groups in total. The van der Waals surface area contributed by atoms with Gasteiger partial charge in [-0.1, -0.05) is 37.2 Å². The number of aromatic nitrogens is 2. The van der Waals surface area contributed by atoms with E-state index in [0.29, 0.717) is 24.0 Å². The van der Waals surface area contributed by atoms with E-state index in [1.54, 1.807) is 0 Å². The molecule has 0 radical (unpaired) electrons. The Labute approximate surface area is 145 Å². The van der Waals surface area contributed by atoms with Crippen molar-refractivity contribution in [2.75, 3.05) is 13.1 Å². The second-order valence-electron chi connectivity index (χ2n) is 6.88. The van der Waals surface area contributed by atoms with E-state index in [1.807, 2.05) is 49.1 Å². The van der Waals surface area contributed by atoms with Crippen LogP contribution in [0, 0.1) is 0 Å². The standard InChI is InChI=1S/C19H21N3O3/c1-12(2)18-20-17(21-25-18)14-7-5-9-22(11-14)19(23)16-10-13-6-3-4-8-15(13)24-16/h3-4,6,8,10,12,14H,5,7,9,11H2,1-2H3/t14-/m0/s1. The molecule has 6 nitrogen and oxygen atoms in total. The van der Waals surface area contributed by atoms with E-state index < -0.39 is 0 Å². The fraction of sp³-hybridized carbons (Fsp3) is 0.421. The van der Waals surface area contributed by atoms with E-state index >= 15 is 0 Å². The second kappa shape index (κ2) is 6.35. The molecular weight excluding hydrogens is 318 g/mol. The normalized spacial score (nSPS) is 18.2. The Balaban J connectivity index is 1.52. The zero-order valence-electron chi connectivity index (χ0n) is 14.4. The van der Waals surface area contributed by atoms with Crippen molar-refractivity contribution in [2.45, 2.75) is 38.5 Å². The predicted octanol–water partition coefficient (Wildman–Crippen LogP) is 3.96. The van der Waals surface area contributed by atoms with Gasteiger partial charge in [-0.3, -0.25) is 4.79 Å². The Morgan fingerprint density at radius 3 is 2.92 bits per heavy atom. The first-order valence-electron chi connectivity index (χ1n) is 8.73. The van der Waals surface area contributed by atoms with Crippen LogP contribution in [0.1, 0.15) is 60.8 Å². The van der Waals surface area contributed by atoms with Gasteiger partial charge < -0.3 is 13.8 Å². The Hall–Kier alpha value is -2.63. The number of para-hydroxylation sites is 1. The minimum atomic E-state index is -0.0755. The molecule has 6 heteroatoms. The first kappa shape index (κ1) is 15.9. The summed E-state index contributed by atoms with van der Waals surface area (Å²) in [5.41, 5.74) is 0.735. The summed E-state index contributed by atoms with van der Waals surface area (Å²) in [6, 6.07) is 9.47. The van der Waals surface area contributed by atoms with Crippen LogP contribution in [-0.4, -0.2) is 34.0 Å². The number of carbonyl (C=O) groups excluding carboxylic acids is 1. The van der Waals surface area contributed by atoms with Crippen molar-refractivity contribution in [1.82, 2.24) is 15.0 Å². The molecule has 3 heterocycles. The summed E-state index contributed by atoms with van der Waals surface area (Å²) in [5, 5.41) is 5.06. The summed E-state index contributed by atoms with van der Waals surface area (Å²) >= 11 is 0. The number of likely N-dealkylation sites (tertiary alicyclic amines) is 1. The fourth-order valence-corrected chi connectivity index (χ4v) is 3.26. The van der Waals surface area contributed by atoms with Gasteiger partial charge in [-0.2, -0.15) is 4.98 Å². The molecule has 0 spiro atoms. The van der Waals surface area contributed by atoms with E-state index in [0.717, 1.165) is 30.4 Å². The largest absolute Gasteiger partial charge is 0.451 e. The molecule has 130 valence electrons. The van der Waals surface area contributed by atoms with Crippen LogP contribution in [0.15, 0.2) is 39.3 Å². The predicted molar refractivity (Wildman–Crippen MR) is 92.5 cm³/mol. The smallest absolute Gasteiger partial charge is 0.289 e. The second-order valence-corrected chi connectivity index (χ2v) is 6.88. The zero-order valence-corrected chi connectivity index (χ0v) is 14.4. The van der Waals surface area contributed by atoms with Gasteiger partial charge in [0.2, 0.25) is 5.89 Å². The lowest BCUT2D eigenvalue weighted by Crippen LogP contribution is -2.39. The van der Waals surface area contributed by atoms with Crippen LogP contribution in [0.4, 0.5) is 0 Å². The molecule has 1 amide bonds. The number of fused-ring (bicyclic) bond motifs is 1. The Kier molecular flexibility index (Phi) is 4.03. The number of benzene rings is 1. The van der Waals surface area contributed by atoms with Gasteiger partial charge in [0.25, 0.3) is 5.91 Å². The number of hydrogen-bond donors (Lipinski definition) is 0.